The normalized spacial score (nSPS) is 16.2. The number of carboxylic acids is 2. The summed E-state index contributed by atoms with van der Waals surface area (Å²) < 4.78 is 0. The van der Waals surface area contributed by atoms with Crippen LogP contribution in [0.1, 0.15) is 19.8 Å². The molecule has 0 unspecified atom stereocenters. The minimum absolute atomic E-state index is 0.178. The molecule has 20 heavy (non-hydrogen) atoms. The molecule has 0 spiro atoms. The van der Waals surface area contributed by atoms with Gasteiger partial charge in [-0.15, -0.1) is 10.1 Å². The number of nitrogens with zero attached hydrogens (tertiary/aromatic N) is 2. The summed E-state index contributed by atoms with van der Waals surface area (Å²) in [6.45, 7) is 4.93. The van der Waals surface area contributed by atoms with E-state index in [9.17, 15) is 19.7 Å². The van der Waals surface area contributed by atoms with Crippen molar-refractivity contribution in [1.29, 1.82) is 0 Å². The summed E-state index contributed by atoms with van der Waals surface area (Å²) in [5.41, 5.74) is 0. The molecule has 0 aliphatic carbocycles. The van der Waals surface area contributed by atoms with Crippen molar-refractivity contribution in [2.75, 3.05) is 19.6 Å². The molecule has 0 radical (unpaired) electrons. The van der Waals surface area contributed by atoms with Gasteiger partial charge in [0.15, 0.2) is 0 Å². The van der Waals surface area contributed by atoms with Gasteiger partial charge >= 0.3 is 11.9 Å². The highest BCUT2D eigenvalue weighted by Gasteiger charge is 2.20. The van der Waals surface area contributed by atoms with E-state index >= 15 is 0 Å². The first-order valence-electron chi connectivity index (χ1n) is 6.02. The average Bonchev–Trinajstić information content (AvgIpc) is 2.37. The van der Waals surface area contributed by atoms with Crippen LogP contribution in [-0.4, -0.2) is 57.9 Å². The molecule has 1 aliphatic heterocycles. The van der Waals surface area contributed by atoms with Crippen LogP contribution in [0.2, 0.25) is 0 Å². The zero-order chi connectivity index (χ0) is 15.5. The molecule has 1 rings (SSSR count). The van der Waals surface area contributed by atoms with Gasteiger partial charge in [-0.3, -0.25) is 0 Å². The number of aliphatic carboxylic acids is 2. The van der Waals surface area contributed by atoms with E-state index < -0.39 is 17.0 Å². The molecule has 0 bridgehead atoms. The largest absolute Gasteiger partial charge is 0.478 e. The van der Waals surface area contributed by atoms with Gasteiger partial charge in [0.2, 0.25) is 0 Å². The van der Waals surface area contributed by atoms with Crippen LogP contribution in [0.5, 0.6) is 0 Å². The van der Waals surface area contributed by atoms with Crippen LogP contribution in [0.15, 0.2) is 12.2 Å². The van der Waals surface area contributed by atoms with Gasteiger partial charge in [-0.05, 0) is 19.4 Å². The van der Waals surface area contributed by atoms with Crippen LogP contribution < -0.4 is 0 Å². The summed E-state index contributed by atoms with van der Waals surface area (Å²) in [5.74, 6) is -2.51. The Bertz CT molecular complexity index is 346. The van der Waals surface area contributed by atoms with Crippen molar-refractivity contribution in [1.82, 2.24) is 4.90 Å². The maximum absolute atomic E-state index is 9.99. The van der Waals surface area contributed by atoms with E-state index in [1.165, 1.54) is 0 Å². The molecule has 2 N–H and O–H groups in total. The minimum Gasteiger partial charge on any atom is -0.478 e. The molecule has 1 aliphatic rings. The molecule has 1 saturated heterocycles. The summed E-state index contributed by atoms with van der Waals surface area (Å²) in [5, 5.41) is 24.9. The van der Waals surface area contributed by atoms with Gasteiger partial charge in [-0.2, -0.15) is 0 Å². The second-order valence-electron chi connectivity index (χ2n) is 3.97. The number of carboxylic acid groups (broad SMARTS) is 2. The summed E-state index contributed by atoms with van der Waals surface area (Å²) in [7, 11) is 0. The summed E-state index contributed by atoms with van der Waals surface area (Å²) in [4.78, 5) is 35.8. The van der Waals surface area contributed by atoms with Gasteiger partial charge in [0.05, 0.1) is 0 Å². The van der Waals surface area contributed by atoms with Crippen molar-refractivity contribution in [2.24, 2.45) is 0 Å². The molecule has 9 heteroatoms. The van der Waals surface area contributed by atoms with E-state index in [1.807, 2.05) is 0 Å². The molecular formula is C11H18N2O7. The number of carbonyl (C=O) groups is 2. The predicted octanol–water partition coefficient (Wildman–Crippen LogP) is 0.391. The number of rotatable bonds is 5. The highest BCUT2D eigenvalue weighted by Crippen LogP contribution is 2.12. The van der Waals surface area contributed by atoms with Crippen molar-refractivity contribution >= 4 is 11.9 Å². The van der Waals surface area contributed by atoms with Crippen molar-refractivity contribution in [3.8, 4) is 0 Å². The van der Waals surface area contributed by atoms with Crippen molar-refractivity contribution in [2.45, 2.75) is 25.9 Å². The molecule has 0 atom stereocenters. The van der Waals surface area contributed by atoms with Crippen LogP contribution in [0.25, 0.3) is 0 Å². The second kappa shape index (κ2) is 9.73. The Morgan fingerprint density at radius 1 is 1.30 bits per heavy atom. The zero-order valence-electron chi connectivity index (χ0n) is 11.1. The lowest BCUT2D eigenvalue weighted by atomic mass is 10.1. The van der Waals surface area contributed by atoms with Crippen LogP contribution in [0.4, 0.5) is 0 Å². The molecule has 1 heterocycles. The Morgan fingerprint density at radius 3 is 2.05 bits per heavy atom. The smallest absolute Gasteiger partial charge is 0.328 e. The van der Waals surface area contributed by atoms with Gasteiger partial charge in [-0.25, -0.2) is 9.59 Å². The first-order chi connectivity index (χ1) is 9.35. The van der Waals surface area contributed by atoms with E-state index in [4.69, 9.17) is 10.2 Å². The van der Waals surface area contributed by atoms with E-state index in [2.05, 4.69) is 16.7 Å². The lowest BCUT2D eigenvalue weighted by Gasteiger charge is -2.29. The Morgan fingerprint density at radius 2 is 1.75 bits per heavy atom. The zero-order valence-corrected chi connectivity index (χ0v) is 11.1. The van der Waals surface area contributed by atoms with Crippen LogP contribution in [0, 0.1) is 10.1 Å². The highest BCUT2D eigenvalue weighted by molar-refractivity contribution is 5.89. The number of hydrogen-bond donors (Lipinski definition) is 2. The Labute approximate surface area is 115 Å². The third kappa shape index (κ3) is 9.83. The minimum atomic E-state index is -1.26. The maximum Gasteiger partial charge on any atom is 0.328 e. The molecule has 0 aromatic heterocycles. The summed E-state index contributed by atoms with van der Waals surface area (Å²) in [6.07, 6.45) is 2.48. The van der Waals surface area contributed by atoms with Crippen LogP contribution in [-0.2, 0) is 14.4 Å². The van der Waals surface area contributed by atoms with Gasteiger partial charge in [0.1, 0.15) is 6.10 Å². The summed E-state index contributed by atoms with van der Waals surface area (Å²) in [6, 6.07) is 0. The third-order valence-corrected chi connectivity index (χ3v) is 2.59. The van der Waals surface area contributed by atoms with Crippen LogP contribution in [0.3, 0.4) is 0 Å². The van der Waals surface area contributed by atoms with Gasteiger partial charge < -0.3 is 20.0 Å². The topological polar surface area (TPSA) is 130 Å². The number of piperidine rings is 1. The SMILES string of the molecule is CCN1CCC(O[N+](=O)[O-])CC1.O=C(O)/C=C/C(=O)O. The maximum atomic E-state index is 9.99. The number of likely N-dealkylation sites (tertiary alicyclic amines) is 1. The first kappa shape index (κ1) is 17.8. The molecule has 0 saturated carbocycles. The van der Waals surface area contributed by atoms with Crippen LogP contribution >= 0.6 is 0 Å². The lowest BCUT2D eigenvalue weighted by Crippen LogP contribution is -2.37. The molecule has 0 aromatic carbocycles. The van der Waals surface area contributed by atoms with Crippen molar-refractivity contribution in [3.63, 3.8) is 0 Å². The quantitative estimate of drug-likeness (QED) is 0.422. The predicted molar refractivity (Wildman–Crippen MR) is 67.6 cm³/mol. The molecule has 114 valence electrons. The molecule has 1 fully saturated rings. The van der Waals surface area contributed by atoms with E-state index in [0.717, 1.165) is 32.5 Å². The van der Waals surface area contributed by atoms with E-state index in [1.54, 1.807) is 0 Å². The van der Waals surface area contributed by atoms with E-state index in [-0.39, 0.29) is 6.10 Å². The fourth-order valence-electron chi connectivity index (χ4n) is 1.60. The van der Waals surface area contributed by atoms with E-state index in [0.29, 0.717) is 12.2 Å². The van der Waals surface area contributed by atoms with Gasteiger partial charge in [0.25, 0.3) is 5.09 Å². The number of hydrogen-bond acceptors (Lipinski definition) is 6. The van der Waals surface area contributed by atoms with Gasteiger partial charge in [0, 0.05) is 25.2 Å². The second-order valence-corrected chi connectivity index (χ2v) is 3.97. The third-order valence-electron chi connectivity index (χ3n) is 2.59. The first-order valence-corrected chi connectivity index (χ1v) is 6.02. The Balaban J connectivity index is 0.000000396. The molecule has 0 aromatic rings. The van der Waals surface area contributed by atoms with Crippen molar-refractivity contribution < 1.29 is 29.7 Å². The molecule has 9 nitrogen and oxygen atoms in total. The summed E-state index contributed by atoms with van der Waals surface area (Å²) >= 11 is 0. The highest BCUT2D eigenvalue weighted by atomic mass is 17.0. The monoisotopic (exact) mass is 290 g/mol. The Hall–Kier alpha value is -2.16. The van der Waals surface area contributed by atoms with Gasteiger partial charge in [-0.1, -0.05) is 6.92 Å². The standard InChI is InChI=1S/C7H14N2O3.C4H4O4/c1-2-8-5-3-7(4-6-8)12-9(10)11;5-3(6)1-2-4(7)8/h7H,2-6H2,1H3;1-2H,(H,5,6)(H,7,8)/b;2-1+. The average molecular weight is 290 g/mol. The fraction of sp³-hybridized carbons (Fsp3) is 0.636. The molecular weight excluding hydrogens is 272 g/mol. The molecule has 0 amide bonds. The van der Waals surface area contributed by atoms with Crippen molar-refractivity contribution in [3.05, 3.63) is 22.3 Å². The Kier molecular flexibility index (Phi) is 8.68. The fourth-order valence-corrected chi connectivity index (χ4v) is 1.60. The lowest BCUT2D eigenvalue weighted by molar-refractivity contribution is -0.769.